The van der Waals surface area contributed by atoms with Crippen molar-refractivity contribution in [2.45, 2.75) is 26.3 Å². The van der Waals surface area contributed by atoms with E-state index in [0.29, 0.717) is 6.54 Å². The summed E-state index contributed by atoms with van der Waals surface area (Å²) in [6, 6.07) is -0.350. The molecule has 0 saturated heterocycles. The Balaban J connectivity index is 2.74. The molecule has 1 rings (SSSR count). The number of hydrogen-bond donors (Lipinski definition) is 1. The lowest BCUT2D eigenvalue weighted by Crippen LogP contribution is -2.39. The van der Waals surface area contributed by atoms with Crippen LogP contribution in [0.4, 0.5) is 0 Å². The van der Waals surface area contributed by atoms with E-state index in [1.807, 2.05) is 0 Å². The Morgan fingerprint density at radius 2 is 2.31 bits per heavy atom. The molecule has 1 heterocycles. The average molecular weight is 243 g/mol. The molecule has 0 fully saturated rings. The third-order valence-electron chi connectivity index (χ3n) is 2.18. The summed E-state index contributed by atoms with van der Waals surface area (Å²) in [5.74, 6) is -1.19. The number of carbonyl (C=O) groups is 2. The van der Waals surface area contributed by atoms with Crippen LogP contribution in [0.25, 0.3) is 0 Å². The fourth-order valence-electron chi connectivity index (χ4n) is 1.42. The molecule has 1 unspecified atom stereocenters. The lowest BCUT2D eigenvalue weighted by Gasteiger charge is -2.25. The number of aliphatic carboxylic acids is 1. The van der Waals surface area contributed by atoms with Gasteiger partial charge in [-0.05, 0) is 25.4 Å². The molecule has 0 radical (unpaired) electrons. The van der Waals surface area contributed by atoms with Crippen LogP contribution in [0.2, 0.25) is 0 Å². The Morgan fingerprint density at radius 1 is 1.62 bits per heavy atom. The maximum atomic E-state index is 11.9. The second-order valence-corrected chi connectivity index (χ2v) is 3.94. The molecule has 1 aromatic heterocycles. The van der Waals surface area contributed by atoms with Crippen molar-refractivity contribution in [3.63, 3.8) is 0 Å². The van der Waals surface area contributed by atoms with Crippen LogP contribution in [0, 0.1) is 0 Å². The van der Waals surface area contributed by atoms with Gasteiger partial charge in [0, 0.05) is 18.0 Å². The largest absolute Gasteiger partial charge is 0.481 e. The Bertz CT molecular complexity index is 366. The van der Waals surface area contributed by atoms with Crippen LogP contribution in [-0.4, -0.2) is 44.1 Å². The zero-order valence-electron chi connectivity index (χ0n) is 9.08. The molecular formula is C9H13N3O3S. The second-order valence-electron chi connectivity index (χ2n) is 3.33. The lowest BCUT2D eigenvalue weighted by atomic mass is 10.2. The predicted octanol–water partition coefficient (Wildman–Crippen LogP) is 0.863. The van der Waals surface area contributed by atoms with E-state index in [0.717, 1.165) is 11.5 Å². The smallest absolute Gasteiger partial charge is 0.305 e. The number of carbonyl (C=O) groups excluding carboxylic acids is 1. The molecule has 16 heavy (non-hydrogen) atoms. The highest BCUT2D eigenvalue weighted by Gasteiger charge is 2.23. The van der Waals surface area contributed by atoms with Gasteiger partial charge in [-0.2, -0.15) is 0 Å². The first-order valence-electron chi connectivity index (χ1n) is 4.86. The molecule has 0 bridgehead atoms. The minimum atomic E-state index is -0.921. The Labute approximate surface area is 97.1 Å². The number of nitrogens with zero attached hydrogens (tertiary/aromatic N) is 3. The van der Waals surface area contributed by atoms with E-state index in [1.54, 1.807) is 19.2 Å². The summed E-state index contributed by atoms with van der Waals surface area (Å²) in [7, 11) is 0. The summed E-state index contributed by atoms with van der Waals surface area (Å²) >= 11 is 1.10. The summed E-state index contributed by atoms with van der Waals surface area (Å²) in [4.78, 5) is 23.9. The van der Waals surface area contributed by atoms with Gasteiger partial charge in [-0.15, -0.1) is 5.10 Å². The minimum Gasteiger partial charge on any atom is -0.481 e. The molecule has 88 valence electrons. The number of amides is 1. The molecule has 1 aromatic rings. The van der Waals surface area contributed by atoms with Crippen molar-refractivity contribution in [3.05, 3.63) is 11.1 Å². The van der Waals surface area contributed by atoms with Crippen molar-refractivity contribution < 1.29 is 14.7 Å². The lowest BCUT2D eigenvalue weighted by molar-refractivity contribution is -0.138. The zero-order chi connectivity index (χ0) is 12.1. The Morgan fingerprint density at radius 3 is 2.75 bits per heavy atom. The van der Waals surface area contributed by atoms with E-state index in [4.69, 9.17) is 5.11 Å². The van der Waals surface area contributed by atoms with E-state index in [-0.39, 0.29) is 24.1 Å². The first kappa shape index (κ1) is 12.6. The fourth-order valence-corrected chi connectivity index (χ4v) is 1.85. The van der Waals surface area contributed by atoms with Crippen molar-refractivity contribution in [3.8, 4) is 0 Å². The average Bonchev–Trinajstić information content (AvgIpc) is 2.69. The van der Waals surface area contributed by atoms with Crippen molar-refractivity contribution in [2.24, 2.45) is 0 Å². The van der Waals surface area contributed by atoms with Crippen LogP contribution in [-0.2, 0) is 4.79 Å². The number of hydrogen-bond acceptors (Lipinski definition) is 5. The van der Waals surface area contributed by atoms with Crippen molar-refractivity contribution >= 4 is 23.4 Å². The third-order valence-corrected chi connectivity index (χ3v) is 2.69. The second kappa shape index (κ2) is 5.55. The summed E-state index contributed by atoms with van der Waals surface area (Å²) in [6.07, 6.45) is -0.0723. The number of carboxylic acid groups (broad SMARTS) is 1. The van der Waals surface area contributed by atoms with Crippen LogP contribution < -0.4 is 0 Å². The summed E-state index contributed by atoms with van der Waals surface area (Å²) in [6.45, 7) is 3.95. The van der Waals surface area contributed by atoms with E-state index in [1.165, 1.54) is 4.90 Å². The van der Waals surface area contributed by atoms with Crippen LogP contribution in [0.3, 0.4) is 0 Å². The normalized spacial score (nSPS) is 12.1. The number of aromatic nitrogens is 2. The molecule has 0 aliphatic heterocycles. The first-order valence-corrected chi connectivity index (χ1v) is 5.69. The van der Waals surface area contributed by atoms with Gasteiger partial charge < -0.3 is 10.0 Å². The van der Waals surface area contributed by atoms with Gasteiger partial charge in [0.25, 0.3) is 5.91 Å². The summed E-state index contributed by atoms with van der Waals surface area (Å²) in [5, 5.41) is 13.9. The molecular weight excluding hydrogens is 230 g/mol. The Kier molecular flexibility index (Phi) is 4.36. The minimum absolute atomic E-state index is 0.0723. The van der Waals surface area contributed by atoms with Crippen molar-refractivity contribution in [1.82, 2.24) is 14.5 Å². The molecule has 1 amide bonds. The SMILES string of the molecule is CCN(C(=O)c1csnn1)C(C)CC(=O)O. The third kappa shape index (κ3) is 2.99. The number of rotatable bonds is 5. The summed E-state index contributed by atoms with van der Waals surface area (Å²) in [5.41, 5.74) is 0.268. The van der Waals surface area contributed by atoms with Gasteiger partial charge in [0.05, 0.1) is 6.42 Å². The highest BCUT2D eigenvalue weighted by molar-refractivity contribution is 7.03. The molecule has 6 nitrogen and oxygen atoms in total. The molecule has 0 aliphatic rings. The summed E-state index contributed by atoms with van der Waals surface area (Å²) < 4.78 is 3.61. The van der Waals surface area contributed by atoms with Gasteiger partial charge in [-0.3, -0.25) is 9.59 Å². The maximum Gasteiger partial charge on any atom is 0.305 e. The molecule has 1 N–H and O–H groups in total. The van der Waals surface area contributed by atoms with Gasteiger partial charge in [-0.25, -0.2) is 0 Å². The standard InChI is InChI=1S/C9H13N3O3S/c1-3-12(6(2)4-8(13)14)9(15)7-5-16-11-10-7/h5-6H,3-4H2,1-2H3,(H,13,14). The topological polar surface area (TPSA) is 83.4 Å². The van der Waals surface area contributed by atoms with Gasteiger partial charge in [0.15, 0.2) is 5.69 Å². The fraction of sp³-hybridized carbons (Fsp3) is 0.556. The zero-order valence-corrected chi connectivity index (χ0v) is 9.90. The van der Waals surface area contributed by atoms with E-state index >= 15 is 0 Å². The van der Waals surface area contributed by atoms with Gasteiger partial charge in [0.2, 0.25) is 0 Å². The number of carboxylic acids is 1. The van der Waals surface area contributed by atoms with Gasteiger partial charge >= 0.3 is 5.97 Å². The molecule has 1 atom stereocenters. The molecule has 0 aliphatic carbocycles. The molecule has 7 heteroatoms. The van der Waals surface area contributed by atoms with E-state index < -0.39 is 5.97 Å². The first-order chi connectivity index (χ1) is 7.56. The van der Waals surface area contributed by atoms with Crippen LogP contribution >= 0.6 is 11.5 Å². The molecule has 0 saturated carbocycles. The van der Waals surface area contributed by atoms with Crippen LogP contribution in [0.5, 0.6) is 0 Å². The van der Waals surface area contributed by atoms with Crippen LogP contribution in [0.15, 0.2) is 5.38 Å². The van der Waals surface area contributed by atoms with Crippen LogP contribution in [0.1, 0.15) is 30.8 Å². The molecule has 0 aromatic carbocycles. The van der Waals surface area contributed by atoms with Gasteiger partial charge in [0.1, 0.15) is 0 Å². The van der Waals surface area contributed by atoms with E-state index in [2.05, 4.69) is 9.59 Å². The molecule has 0 spiro atoms. The highest BCUT2D eigenvalue weighted by Crippen LogP contribution is 2.09. The van der Waals surface area contributed by atoms with Crippen molar-refractivity contribution in [2.75, 3.05) is 6.54 Å². The highest BCUT2D eigenvalue weighted by atomic mass is 32.1. The van der Waals surface area contributed by atoms with Crippen molar-refractivity contribution in [1.29, 1.82) is 0 Å². The quantitative estimate of drug-likeness (QED) is 0.829. The Hall–Kier alpha value is -1.50. The monoisotopic (exact) mass is 243 g/mol. The maximum absolute atomic E-state index is 11.9. The van der Waals surface area contributed by atoms with E-state index in [9.17, 15) is 9.59 Å². The predicted molar refractivity (Wildman–Crippen MR) is 58.3 cm³/mol. The van der Waals surface area contributed by atoms with Gasteiger partial charge in [-0.1, -0.05) is 4.49 Å².